The molecule has 0 fully saturated rings. The van der Waals surface area contributed by atoms with Crippen LogP contribution >= 0.6 is 0 Å². The Morgan fingerprint density at radius 2 is 2.17 bits per heavy atom. The first kappa shape index (κ1) is 11.0. The zero-order valence-corrected chi connectivity index (χ0v) is 7.75. The van der Waals surface area contributed by atoms with E-state index in [4.69, 9.17) is 4.74 Å². The molecule has 0 aromatic heterocycles. The Labute approximate surface area is 73.9 Å². The van der Waals surface area contributed by atoms with Gasteiger partial charge in [0.1, 0.15) is 0 Å². The number of ether oxygens (including phenoxy) is 1. The molecule has 0 unspecified atom stereocenters. The van der Waals surface area contributed by atoms with Gasteiger partial charge in [-0.2, -0.15) is 0 Å². The van der Waals surface area contributed by atoms with Crippen molar-refractivity contribution < 1.29 is 9.53 Å². The summed E-state index contributed by atoms with van der Waals surface area (Å²) in [5.74, 6) is -0.123. The van der Waals surface area contributed by atoms with Crippen LogP contribution in [0.3, 0.4) is 0 Å². The quantitative estimate of drug-likeness (QED) is 0.465. The van der Waals surface area contributed by atoms with Crippen LogP contribution in [-0.2, 0) is 9.53 Å². The van der Waals surface area contributed by atoms with Crippen LogP contribution in [0.15, 0.2) is 24.3 Å². The van der Waals surface area contributed by atoms with Crippen LogP contribution in [0.4, 0.5) is 0 Å². The van der Waals surface area contributed by atoms with Gasteiger partial charge in [-0.1, -0.05) is 24.3 Å². The van der Waals surface area contributed by atoms with Crippen molar-refractivity contribution >= 4 is 5.97 Å². The molecule has 0 aliphatic heterocycles. The monoisotopic (exact) mass is 168 g/mol. The number of carbonyl (C=O) groups excluding carboxylic acids is 1. The van der Waals surface area contributed by atoms with Crippen molar-refractivity contribution in [1.29, 1.82) is 0 Å². The summed E-state index contributed by atoms with van der Waals surface area (Å²) in [6.45, 7) is 4.24. The minimum atomic E-state index is -0.123. The Morgan fingerprint density at radius 3 is 2.75 bits per heavy atom. The van der Waals surface area contributed by atoms with Gasteiger partial charge in [0.05, 0.1) is 6.61 Å². The number of hydrogen-bond acceptors (Lipinski definition) is 2. The molecule has 0 aromatic carbocycles. The normalized spacial score (nSPS) is 11.2. The second-order valence-electron chi connectivity index (χ2n) is 2.30. The molecule has 0 bridgehead atoms. The van der Waals surface area contributed by atoms with E-state index < -0.39 is 0 Å². The number of hydrogen-bond donors (Lipinski definition) is 0. The van der Waals surface area contributed by atoms with Gasteiger partial charge in [-0.25, -0.2) is 0 Å². The summed E-state index contributed by atoms with van der Waals surface area (Å²) in [6, 6.07) is 0. The average molecular weight is 168 g/mol. The third-order valence-electron chi connectivity index (χ3n) is 1.26. The fourth-order valence-corrected chi connectivity index (χ4v) is 0.720. The van der Waals surface area contributed by atoms with E-state index in [1.54, 1.807) is 0 Å². The zero-order valence-electron chi connectivity index (χ0n) is 7.75. The van der Waals surface area contributed by atoms with E-state index >= 15 is 0 Å². The van der Waals surface area contributed by atoms with Gasteiger partial charge in [-0.05, 0) is 20.3 Å². The lowest BCUT2D eigenvalue weighted by Gasteiger charge is -1.97. The molecular weight excluding hydrogens is 152 g/mol. The van der Waals surface area contributed by atoms with E-state index in [1.807, 2.05) is 38.2 Å². The molecule has 2 heteroatoms. The predicted octanol–water partition coefficient (Wildman–Crippen LogP) is 2.46. The van der Waals surface area contributed by atoms with Gasteiger partial charge in [0.25, 0.3) is 0 Å². The number of esters is 1. The lowest BCUT2D eigenvalue weighted by atomic mass is 10.3. The molecule has 0 atom stereocenters. The van der Waals surface area contributed by atoms with Crippen LogP contribution in [0.2, 0.25) is 0 Å². The minimum Gasteiger partial charge on any atom is -0.466 e. The molecule has 0 aliphatic rings. The topological polar surface area (TPSA) is 26.3 Å². The van der Waals surface area contributed by atoms with E-state index in [9.17, 15) is 4.79 Å². The second-order valence-corrected chi connectivity index (χ2v) is 2.30. The highest BCUT2D eigenvalue weighted by atomic mass is 16.5. The Morgan fingerprint density at radius 1 is 1.42 bits per heavy atom. The highest BCUT2D eigenvalue weighted by molar-refractivity contribution is 5.69. The van der Waals surface area contributed by atoms with Crippen LogP contribution in [0.1, 0.15) is 26.7 Å². The molecule has 0 N–H and O–H groups in total. The number of rotatable bonds is 5. The molecule has 0 radical (unpaired) electrons. The fraction of sp³-hybridized carbons (Fsp3) is 0.500. The maximum Gasteiger partial charge on any atom is 0.306 e. The summed E-state index contributed by atoms with van der Waals surface area (Å²) in [4.78, 5) is 10.8. The van der Waals surface area contributed by atoms with Gasteiger partial charge in [-0.3, -0.25) is 4.79 Å². The van der Waals surface area contributed by atoms with E-state index in [0.717, 1.165) is 6.42 Å². The molecule has 0 amide bonds. The van der Waals surface area contributed by atoms with Gasteiger partial charge in [0, 0.05) is 6.42 Å². The van der Waals surface area contributed by atoms with E-state index in [2.05, 4.69) is 0 Å². The maximum absolute atomic E-state index is 10.8. The molecule has 2 nitrogen and oxygen atoms in total. The Hall–Kier alpha value is -1.05. The summed E-state index contributed by atoms with van der Waals surface area (Å²) in [5.41, 5.74) is 0. The molecule has 0 heterocycles. The van der Waals surface area contributed by atoms with Crippen molar-refractivity contribution in [1.82, 2.24) is 0 Å². The summed E-state index contributed by atoms with van der Waals surface area (Å²) in [7, 11) is 0. The summed E-state index contributed by atoms with van der Waals surface area (Å²) in [5, 5.41) is 0. The van der Waals surface area contributed by atoms with Gasteiger partial charge in [0.2, 0.25) is 0 Å². The van der Waals surface area contributed by atoms with Crippen molar-refractivity contribution in [2.24, 2.45) is 0 Å². The first-order valence-electron chi connectivity index (χ1n) is 4.24. The van der Waals surface area contributed by atoms with Crippen LogP contribution in [0.25, 0.3) is 0 Å². The third-order valence-corrected chi connectivity index (χ3v) is 1.26. The lowest BCUT2D eigenvalue weighted by molar-refractivity contribution is -0.142. The smallest absolute Gasteiger partial charge is 0.306 e. The average Bonchev–Trinajstić information content (AvgIpc) is 2.05. The van der Waals surface area contributed by atoms with Crippen LogP contribution in [-0.4, -0.2) is 12.6 Å². The predicted molar refractivity (Wildman–Crippen MR) is 49.8 cm³/mol. The Kier molecular flexibility index (Phi) is 7.35. The third kappa shape index (κ3) is 7.06. The zero-order chi connectivity index (χ0) is 9.23. The molecule has 0 aliphatic carbocycles. The molecule has 68 valence electrons. The summed E-state index contributed by atoms with van der Waals surface area (Å²) < 4.78 is 4.76. The van der Waals surface area contributed by atoms with Gasteiger partial charge in [0.15, 0.2) is 0 Å². The number of carbonyl (C=O) groups is 1. The molecule has 0 saturated heterocycles. The largest absolute Gasteiger partial charge is 0.466 e. The van der Waals surface area contributed by atoms with Crippen LogP contribution < -0.4 is 0 Å². The Balaban J connectivity index is 3.36. The molecule has 12 heavy (non-hydrogen) atoms. The van der Waals surface area contributed by atoms with Crippen molar-refractivity contribution in [3.8, 4) is 0 Å². The maximum atomic E-state index is 10.8. The van der Waals surface area contributed by atoms with Gasteiger partial charge < -0.3 is 4.74 Å². The van der Waals surface area contributed by atoms with E-state index in [0.29, 0.717) is 13.0 Å². The van der Waals surface area contributed by atoms with Gasteiger partial charge >= 0.3 is 5.97 Å². The van der Waals surface area contributed by atoms with Crippen molar-refractivity contribution in [3.63, 3.8) is 0 Å². The molecule has 0 rings (SSSR count). The molecule has 0 aromatic rings. The number of allylic oxidation sites excluding steroid dienone is 4. The van der Waals surface area contributed by atoms with Gasteiger partial charge in [-0.15, -0.1) is 0 Å². The summed E-state index contributed by atoms with van der Waals surface area (Å²) >= 11 is 0. The van der Waals surface area contributed by atoms with Crippen LogP contribution in [0, 0.1) is 0 Å². The van der Waals surface area contributed by atoms with Crippen LogP contribution in [0.5, 0.6) is 0 Å². The second kappa shape index (κ2) is 8.05. The van der Waals surface area contributed by atoms with E-state index in [-0.39, 0.29) is 5.97 Å². The molecule has 0 saturated carbocycles. The summed E-state index contributed by atoms with van der Waals surface area (Å²) in [6.07, 6.45) is 8.99. The lowest BCUT2D eigenvalue weighted by Crippen LogP contribution is -2.02. The fourth-order valence-electron chi connectivity index (χ4n) is 0.720. The minimum absolute atomic E-state index is 0.123. The first-order valence-corrected chi connectivity index (χ1v) is 4.24. The standard InChI is InChI=1S/C10H16O2/c1-3-5-6-7-8-9-10(11)12-4-2/h3,5-7H,4,8-9H2,1-2H3/b5-3+,7-6+. The van der Waals surface area contributed by atoms with Crippen molar-refractivity contribution in [2.45, 2.75) is 26.7 Å². The molecule has 0 spiro atoms. The molecular formula is C10H16O2. The first-order chi connectivity index (χ1) is 5.81. The van der Waals surface area contributed by atoms with Crippen molar-refractivity contribution in [3.05, 3.63) is 24.3 Å². The van der Waals surface area contributed by atoms with E-state index in [1.165, 1.54) is 0 Å². The SMILES string of the molecule is C/C=C/C=C/CCC(=O)OCC. The Bertz CT molecular complexity index is 169. The highest BCUT2D eigenvalue weighted by Gasteiger charge is 1.96. The van der Waals surface area contributed by atoms with Crippen molar-refractivity contribution in [2.75, 3.05) is 6.61 Å². The highest BCUT2D eigenvalue weighted by Crippen LogP contribution is 1.94.